The van der Waals surface area contributed by atoms with Gasteiger partial charge in [0.1, 0.15) is 34.4 Å². The molecule has 0 spiro atoms. The molecule has 5 aromatic rings. The number of nitrogens with two attached hydrogens (primary N) is 1. The molecule has 2 saturated carbocycles. The number of halogens is 3. The molecule has 2 aliphatic rings. The fourth-order valence-electron chi connectivity index (χ4n) is 7.10. The predicted molar refractivity (Wildman–Crippen MR) is 168 cm³/mol. The van der Waals surface area contributed by atoms with Gasteiger partial charge in [-0.1, -0.05) is 24.3 Å². The Labute approximate surface area is 267 Å². The Morgan fingerprint density at radius 1 is 0.957 bits per heavy atom. The fourth-order valence-corrected chi connectivity index (χ4v) is 7.10. The summed E-state index contributed by atoms with van der Waals surface area (Å²) in [6.45, 7) is 0. The molecule has 7 rings (SSSR count). The molecule has 0 aliphatic heterocycles. The van der Waals surface area contributed by atoms with Crippen molar-refractivity contribution in [2.75, 3.05) is 18.2 Å². The first kappa shape index (κ1) is 30.2. The topological polar surface area (TPSA) is 137 Å². The Morgan fingerprint density at radius 2 is 1.70 bits per heavy atom. The van der Waals surface area contributed by atoms with Gasteiger partial charge in [-0.05, 0) is 68.5 Å². The van der Waals surface area contributed by atoms with Crippen LogP contribution in [-0.4, -0.2) is 43.8 Å². The molecule has 0 atom stereocenters. The zero-order valence-corrected chi connectivity index (χ0v) is 25.3. The monoisotopic (exact) mass is 641 g/mol. The molecule has 2 amide bonds. The van der Waals surface area contributed by atoms with Crippen molar-refractivity contribution >= 4 is 29.0 Å². The second-order valence-electron chi connectivity index (χ2n) is 12.2. The number of imidazole rings is 1. The minimum atomic E-state index is -4.56. The van der Waals surface area contributed by atoms with E-state index < -0.39 is 17.6 Å². The van der Waals surface area contributed by atoms with E-state index in [4.69, 9.17) is 15.5 Å². The van der Waals surface area contributed by atoms with Gasteiger partial charge in [0.15, 0.2) is 0 Å². The number of fused-ring (bicyclic) bond motifs is 3. The average molecular weight is 642 g/mol. The molecule has 0 unspecified atom stereocenters. The second kappa shape index (κ2) is 11.1. The maximum Gasteiger partial charge on any atom is 0.416 e. The number of nitrogens with zero attached hydrogens (tertiary/aromatic N) is 4. The van der Waals surface area contributed by atoms with Gasteiger partial charge in [-0.25, -0.2) is 15.0 Å². The molecular weight excluding hydrogens is 611 g/mol. The van der Waals surface area contributed by atoms with Gasteiger partial charge >= 0.3 is 6.18 Å². The number of aromatic nitrogens is 4. The highest BCUT2D eigenvalue weighted by molar-refractivity contribution is 6.04. The molecular formula is C34H30F3N7O3. The Kier molecular flexibility index (Phi) is 7.14. The van der Waals surface area contributed by atoms with E-state index in [1.165, 1.54) is 0 Å². The van der Waals surface area contributed by atoms with Crippen LogP contribution in [0.2, 0.25) is 0 Å². The number of para-hydroxylation sites is 1. The van der Waals surface area contributed by atoms with Crippen LogP contribution in [0, 0.1) is 0 Å². The third-order valence-corrected chi connectivity index (χ3v) is 9.38. The summed E-state index contributed by atoms with van der Waals surface area (Å²) in [6, 6.07) is 15.3. The molecule has 2 bridgehead atoms. The van der Waals surface area contributed by atoms with Crippen LogP contribution in [-0.2, 0) is 11.6 Å². The molecule has 3 heterocycles. The molecule has 4 N–H and O–H groups in total. The lowest BCUT2D eigenvalue weighted by Crippen LogP contribution is -2.45. The number of carbonyl (C=O) groups is 2. The van der Waals surface area contributed by atoms with Crippen molar-refractivity contribution in [2.24, 2.45) is 0 Å². The third-order valence-electron chi connectivity index (χ3n) is 9.38. The summed E-state index contributed by atoms with van der Waals surface area (Å²) in [7, 11) is 1.54. The van der Waals surface area contributed by atoms with Gasteiger partial charge in [0.05, 0.1) is 18.2 Å². The number of ether oxygens (including phenoxy) is 1. The van der Waals surface area contributed by atoms with E-state index in [2.05, 4.69) is 20.6 Å². The van der Waals surface area contributed by atoms with E-state index in [1.54, 1.807) is 49.7 Å². The van der Waals surface area contributed by atoms with Gasteiger partial charge in [0.25, 0.3) is 11.8 Å². The van der Waals surface area contributed by atoms with E-state index in [-0.39, 0.29) is 28.2 Å². The summed E-state index contributed by atoms with van der Waals surface area (Å²) >= 11 is 0. The summed E-state index contributed by atoms with van der Waals surface area (Å²) in [6.07, 6.45) is 3.84. The Hall–Kier alpha value is -5.46. The first-order valence-electron chi connectivity index (χ1n) is 15.0. The van der Waals surface area contributed by atoms with E-state index >= 15 is 0 Å². The second-order valence-corrected chi connectivity index (χ2v) is 12.2. The maximum absolute atomic E-state index is 13.4. The number of hydrogen-bond donors (Lipinski definition) is 3. The van der Waals surface area contributed by atoms with E-state index in [0.29, 0.717) is 40.3 Å². The average Bonchev–Trinajstić information content (AvgIpc) is 3.76. The van der Waals surface area contributed by atoms with Crippen LogP contribution < -0.4 is 21.1 Å². The Morgan fingerprint density at radius 3 is 2.43 bits per heavy atom. The first-order chi connectivity index (χ1) is 22.5. The van der Waals surface area contributed by atoms with Gasteiger partial charge in [0, 0.05) is 40.7 Å². The van der Waals surface area contributed by atoms with Gasteiger partial charge in [-0.15, -0.1) is 0 Å². The highest BCUT2D eigenvalue weighted by Gasteiger charge is 2.57. The van der Waals surface area contributed by atoms with Crippen molar-refractivity contribution in [3.8, 4) is 17.0 Å². The number of methoxy groups -OCH3 is 1. The largest absolute Gasteiger partial charge is 0.496 e. The van der Waals surface area contributed by atoms with Gasteiger partial charge in [0.2, 0.25) is 0 Å². The quantitative estimate of drug-likeness (QED) is 0.197. The van der Waals surface area contributed by atoms with Crippen LogP contribution in [0.4, 0.5) is 24.8 Å². The Bertz CT molecular complexity index is 2020. The van der Waals surface area contributed by atoms with Crippen LogP contribution >= 0.6 is 0 Å². The van der Waals surface area contributed by atoms with Crippen LogP contribution in [0.5, 0.6) is 5.75 Å². The van der Waals surface area contributed by atoms with Crippen LogP contribution in [0.15, 0.2) is 79.3 Å². The number of nitrogen functional groups attached to an aromatic ring is 1. The number of alkyl halides is 3. The normalized spacial score (nSPS) is 20.3. The molecule has 240 valence electrons. The molecule has 0 saturated heterocycles. The van der Waals surface area contributed by atoms with Crippen molar-refractivity contribution in [1.29, 1.82) is 0 Å². The summed E-state index contributed by atoms with van der Waals surface area (Å²) < 4.78 is 46.7. The summed E-state index contributed by atoms with van der Waals surface area (Å²) in [4.78, 5) is 39.5. The minimum absolute atomic E-state index is 0.171. The summed E-state index contributed by atoms with van der Waals surface area (Å²) in [5.41, 5.74) is 7.42. The standard InChI is InChI=1S/C34H30F3N7O3/c1-47-24-5-3-2-4-23(24)30(46)43-33-13-11-32(19-33,12-14-33)31-42-26(27-28(38)40-16-17-44(27)31)20-6-8-21(9-7-20)29(45)41-25-18-22(10-15-39-25)34(35,36)37/h2-10,15-18H,11-14,19H2,1H3,(H2,38,40)(H,43,46)(H,39,41,45). The lowest BCUT2D eigenvalue weighted by molar-refractivity contribution is -0.137. The van der Waals surface area contributed by atoms with Crippen molar-refractivity contribution in [2.45, 2.75) is 49.2 Å². The lowest BCUT2D eigenvalue weighted by atomic mass is 9.83. The molecule has 2 fully saturated rings. The zero-order valence-electron chi connectivity index (χ0n) is 25.3. The van der Waals surface area contributed by atoms with Crippen molar-refractivity contribution in [1.82, 2.24) is 24.7 Å². The van der Waals surface area contributed by atoms with Crippen LogP contribution in [0.3, 0.4) is 0 Å². The number of hydrogen-bond acceptors (Lipinski definition) is 7. The van der Waals surface area contributed by atoms with Crippen molar-refractivity contribution in [3.63, 3.8) is 0 Å². The van der Waals surface area contributed by atoms with Gasteiger partial charge < -0.3 is 21.1 Å². The molecule has 47 heavy (non-hydrogen) atoms. The fraction of sp³-hybridized carbons (Fsp3) is 0.265. The number of benzene rings is 2. The Balaban J connectivity index is 1.16. The molecule has 3 aromatic heterocycles. The number of nitrogens with one attached hydrogen (secondary N) is 2. The summed E-state index contributed by atoms with van der Waals surface area (Å²) in [5, 5.41) is 5.74. The number of rotatable bonds is 7. The number of amides is 2. The smallest absolute Gasteiger partial charge is 0.416 e. The first-order valence-corrected chi connectivity index (χ1v) is 15.0. The van der Waals surface area contributed by atoms with E-state index in [9.17, 15) is 22.8 Å². The SMILES string of the molecule is COc1ccccc1C(=O)NC12CCC(c3nc(-c4ccc(C(=O)Nc5cc(C(F)(F)F)ccn5)cc4)c4c(N)nccn34)(CC1)C2. The highest BCUT2D eigenvalue weighted by Crippen LogP contribution is 2.58. The van der Waals surface area contributed by atoms with E-state index in [1.807, 2.05) is 22.7 Å². The van der Waals surface area contributed by atoms with Gasteiger partial charge in [-0.3, -0.25) is 14.0 Å². The molecule has 10 nitrogen and oxygen atoms in total. The predicted octanol–water partition coefficient (Wildman–Crippen LogP) is 6.04. The van der Waals surface area contributed by atoms with Crippen LogP contribution in [0.1, 0.15) is 64.2 Å². The van der Waals surface area contributed by atoms with E-state index in [0.717, 1.165) is 49.8 Å². The number of anilines is 2. The minimum Gasteiger partial charge on any atom is -0.496 e. The third kappa shape index (κ3) is 5.30. The van der Waals surface area contributed by atoms with Crippen LogP contribution in [0.25, 0.3) is 16.8 Å². The van der Waals surface area contributed by atoms with Gasteiger partial charge in [-0.2, -0.15) is 13.2 Å². The number of carbonyl (C=O) groups excluding carboxylic acids is 2. The zero-order chi connectivity index (χ0) is 33.0. The van der Waals surface area contributed by atoms with Crippen molar-refractivity contribution < 1.29 is 27.5 Å². The maximum atomic E-state index is 13.4. The molecule has 2 aromatic carbocycles. The summed E-state index contributed by atoms with van der Waals surface area (Å²) in [5.74, 6) is 0.658. The number of pyridine rings is 1. The lowest BCUT2D eigenvalue weighted by Gasteiger charge is -2.28. The molecule has 13 heteroatoms. The molecule has 0 radical (unpaired) electrons. The van der Waals surface area contributed by atoms with Crippen molar-refractivity contribution in [3.05, 3.63) is 102 Å². The highest BCUT2D eigenvalue weighted by atomic mass is 19.4. The molecule has 2 aliphatic carbocycles.